The van der Waals surface area contributed by atoms with Gasteiger partial charge in [0.15, 0.2) is 23.1 Å². The predicted molar refractivity (Wildman–Crippen MR) is 432 cm³/mol. The summed E-state index contributed by atoms with van der Waals surface area (Å²) < 4.78 is 10.4. The quantitative estimate of drug-likeness (QED) is 0.0209. The van der Waals surface area contributed by atoms with Crippen LogP contribution in [0.4, 0.5) is 22.7 Å². The van der Waals surface area contributed by atoms with Crippen LogP contribution in [0.2, 0.25) is 20.5 Å². The van der Waals surface area contributed by atoms with Crippen molar-refractivity contribution in [3.8, 4) is 0 Å². The van der Waals surface area contributed by atoms with Crippen LogP contribution in [0, 0.1) is 11.8 Å². The Morgan fingerprint density at radius 3 is 1.16 bits per heavy atom. The molecule has 0 fully saturated rings. The minimum absolute atomic E-state index is 0. The smallest absolute Gasteiger partial charge is 0.373 e. The molecule has 4 unspecified atom stereocenters. The molecule has 110 heavy (non-hydrogen) atoms. The number of halogens is 1. The average molecular weight is 1530 g/mol. The summed E-state index contributed by atoms with van der Waals surface area (Å²) in [4.78, 5) is 111. The number of hydrogen-bond donors (Lipinski definition) is 16. The summed E-state index contributed by atoms with van der Waals surface area (Å²) in [7, 11) is -1.47. The summed E-state index contributed by atoms with van der Waals surface area (Å²) >= 11 is 0. The molecule has 0 bridgehead atoms. The van der Waals surface area contributed by atoms with Gasteiger partial charge in [0.1, 0.15) is 29.6 Å². The van der Waals surface area contributed by atoms with E-state index in [0.29, 0.717) is 112 Å². The summed E-state index contributed by atoms with van der Waals surface area (Å²) in [6, 6.07) is 31.2. The van der Waals surface area contributed by atoms with E-state index in [1.54, 1.807) is 32.9 Å². The first-order valence-corrected chi connectivity index (χ1v) is 36.7. The van der Waals surface area contributed by atoms with E-state index in [9.17, 15) is 48.4 Å². The average Bonchev–Trinajstić information content (AvgIpc) is 1.67. The molecule has 4 aliphatic rings. The minimum atomic E-state index is -1.10. The number of amides is 3. The van der Waals surface area contributed by atoms with Crippen LogP contribution < -0.4 is 49.3 Å². The molecule has 0 aliphatic heterocycles. The molecule has 12 rings (SSSR count). The number of benzene rings is 4. The summed E-state index contributed by atoms with van der Waals surface area (Å²) in [6.07, 6.45) is 17.3. The van der Waals surface area contributed by atoms with Gasteiger partial charge in [0, 0.05) is 98.0 Å². The van der Waals surface area contributed by atoms with E-state index in [1.165, 1.54) is 17.4 Å². The lowest BCUT2D eigenvalue weighted by Crippen LogP contribution is -2.39. The number of furan rings is 2. The van der Waals surface area contributed by atoms with Crippen molar-refractivity contribution < 1.29 is 77.3 Å². The van der Waals surface area contributed by atoms with Crippen LogP contribution in [0.1, 0.15) is 214 Å². The zero-order valence-corrected chi connectivity index (χ0v) is 64.6. The van der Waals surface area contributed by atoms with Crippen molar-refractivity contribution in [2.45, 2.75) is 170 Å². The molecule has 4 heterocycles. The molecule has 0 saturated carbocycles. The first kappa shape index (κ1) is 90.6. The van der Waals surface area contributed by atoms with Crippen LogP contribution in [-0.4, -0.2) is 134 Å². The Morgan fingerprint density at radius 2 is 0.800 bits per heavy atom. The third-order valence-electron chi connectivity index (χ3n) is 17.9. The number of nitrogen functional groups attached to an aromatic ring is 1. The van der Waals surface area contributed by atoms with Crippen LogP contribution in [0.15, 0.2) is 131 Å². The lowest BCUT2D eigenvalue weighted by atomic mass is 9.86. The summed E-state index contributed by atoms with van der Waals surface area (Å²) in [5, 5.41) is 61.5. The zero-order valence-electron chi connectivity index (χ0n) is 63.8. The lowest BCUT2D eigenvalue weighted by Gasteiger charge is -2.14. The fraction of sp³-hybridized carbons (Fsp3) is 0.380. The van der Waals surface area contributed by atoms with Crippen LogP contribution >= 0.6 is 12.4 Å². The molecule has 588 valence electrons. The molecular formula is C79H105B3ClN11O16. The van der Waals surface area contributed by atoms with E-state index in [0.717, 1.165) is 119 Å². The second-order valence-electron chi connectivity index (χ2n) is 28.0. The summed E-state index contributed by atoms with van der Waals surface area (Å²) in [5.74, 6) is -0.915. The molecule has 0 radical (unpaired) electrons. The number of ketones is 4. The number of Topliss-reactive ketones (excluding diaryl/α,β-unsaturated/α-hetero) is 4. The molecule has 8 aromatic rings. The van der Waals surface area contributed by atoms with E-state index in [4.69, 9.17) is 40.3 Å². The first-order valence-electron chi connectivity index (χ1n) is 36.7. The molecule has 3 amide bonds. The number of aromatic amines is 2. The van der Waals surface area contributed by atoms with Gasteiger partial charge in [0.2, 0.25) is 0 Å². The fourth-order valence-electron chi connectivity index (χ4n) is 12.9. The molecule has 0 saturated heterocycles. The number of H-pyrrole nitrogens is 2. The maximum atomic E-state index is 12.6. The third-order valence-corrected chi connectivity index (χ3v) is 17.9. The Hall–Kier alpha value is -10.0. The highest BCUT2D eigenvalue weighted by atomic mass is 35.5. The van der Waals surface area contributed by atoms with E-state index < -0.39 is 33.1 Å². The molecule has 4 aliphatic carbocycles. The maximum absolute atomic E-state index is 12.6. The van der Waals surface area contributed by atoms with Crippen LogP contribution in [0.5, 0.6) is 0 Å². The van der Waals surface area contributed by atoms with Crippen molar-refractivity contribution in [3.05, 3.63) is 212 Å². The molecule has 27 nitrogen and oxygen atoms in total. The van der Waals surface area contributed by atoms with Crippen molar-refractivity contribution >= 4 is 109 Å². The zero-order chi connectivity index (χ0) is 78.7. The number of aryl methyl sites for hydroxylation is 4. The second kappa shape index (κ2) is 44.6. The maximum Gasteiger partial charge on any atom is 0.373 e. The number of nitrogens with two attached hydrogens (primary N) is 2. The second-order valence-corrected chi connectivity index (χ2v) is 28.0. The predicted octanol–water partition coefficient (Wildman–Crippen LogP) is 11.3. The van der Waals surface area contributed by atoms with Crippen molar-refractivity contribution in [1.82, 2.24) is 31.8 Å². The highest BCUT2D eigenvalue weighted by Gasteiger charge is 2.31. The van der Waals surface area contributed by atoms with Gasteiger partial charge in [-0.05, 0) is 193 Å². The van der Waals surface area contributed by atoms with Gasteiger partial charge < -0.3 is 93.3 Å². The van der Waals surface area contributed by atoms with E-state index in [1.807, 2.05) is 111 Å². The largest absolute Gasteiger partial charge is 0.481 e. The van der Waals surface area contributed by atoms with E-state index in [2.05, 4.69) is 55.4 Å². The molecule has 4 atom stereocenters. The van der Waals surface area contributed by atoms with Gasteiger partial charge in [-0.1, -0.05) is 69.3 Å². The molecule has 4 aromatic heterocycles. The molecule has 20 N–H and O–H groups in total. The fourth-order valence-corrected chi connectivity index (χ4v) is 12.9. The Morgan fingerprint density at radius 1 is 0.473 bits per heavy atom. The van der Waals surface area contributed by atoms with Crippen molar-refractivity contribution in [2.24, 2.45) is 17.6 Å². The van der Waals surface area contributed by atoms with Crippen molar-refractivity contribution in [1.29, 1.82) is 0 Å². The number of aromatic carboxylic acids is 1. The highest BCUT2D eigenvalue weighted by Crippen LogP contribution is 2.30. The Labute approximate surface area is 648 Å². The molecular weight excluding hydrogens is 1430 g/mol. The summed E-state index contributed by atoms with van der Waals surface area (Å²) in [5.41, 5.74) is 23.7. The van der Waals surface area contributed by atoms with E-state index in [-0.39, 0.29) is 82.6 Å². The number of nitrogens with one attached hydrogen (secondary N) is 8. The van der Waals surface area contributed by atoms with Gasteiger partial charge in [-0.3, -0.25) is 38.4 Å². The van der Waals surface area contributed by atoms with Gasteiger partial charge in [-0.15, -0.1) is 12.4 Å². The number of rotatable bonds is 23. The molecule has 4 aromatic carbocycles. The number of hydrogen-bond acceptors (Lipinski definition) is 20. The Kier molecular flexibility index (Phi) is 36.7. The monoisotopic (exact) mass is 1530 g/mol. The van der Waals surface area contributed by atoms with Crippen LogP contribution in [0.25, 0.3) is 0 Å². The highest BCUT2D eigenvalue weighted by molar-refractivity contribution is 6.46. The van der Waals surface area contributed by atoms with Crippen LogP contribution in [0.3, 0.4) is 0 Å². The lowest BCUT2D eigenvalue weighted by molar-refractivity contribution is -0.134. The SMILES string of the molecule is CB(O)NC(C)Cc1ccc(N)cc1.CB(O)NCC(C)Cc1ccc(NC(=O)c2c[nH]c3c2C(=O)CCC3)cc1.CB(O)NCC(C)Cc1ccc(NC(=O)c2coc3c2C(=O)CCC3)cc1.CC(=O)O.CC(N)Cc1ccc(NC(=O)c2c[nH]c3c2C(=O)CCC3)cc1.Cl.N.O=C(O)c1coc2c1C(=O)CCC2. The topological polar surface area (TPSA) is 472 Å². The number of carboxylic acid groups (broad SMARTS) is 2. The van der Waals surface area contributed by atoms with Crippen LogP contribution in [-0.2, 0) is 56.2 Å². The number of fused-ring (bicyclic) bond motifs is 4. The number of carboxylic acids is 2. The van der Waals surface area contributed by atoms with Gasteiger partial charge in [-0.25, -0.2) is 4.79 Å². The Bertz CT molecular complexity index is 4210. The van der Waals surface area contributed by atoms with E-state index >= 15 is 0 Å². The number of aromatic nitrogens is 2. The van der Waals surface area contributed by atoms with Crippen molar-refractivity contribution in [2.75, 3.05) is 34.8 Å². The first-order chi connectivity index (χ1) is 51.4. The Balaban J connectivity index is 0.000000248. The minimum Gasteiger partial charge on any atom is -0.481 e. The van der Waals surface area contributed by atoms with Gasteiger partial charge in [0.05, 0.1) is 38.9 Å². The molecule has 31 heteroatoms. The number of anilines is 4. The van der Waals surface area contributed by atoms with Gasteiger partial charge in [0.25, 0.3) is 23.7 Å². The normalized spacial score (nSPS) is 14.0. The number of carbonyl (C=O) groups excluding carboxylic acids is 7. The van der Waals surface area contributed by atoms with Gasteiger partial charge >= 0.3 is 27.1 Å². The number of carbonyl (C=O) groups is 9. The standard InChI is InChI=1S/C20H26BN3O3.C20H25BN2O4.C18H21N3O2.C10H17BN2O.C9H8O4.C2H4O2.ClH.H3N/c1-13(11-23-21(2)27)10-14-6-8-15(9-7-14)24-20(26)16-12-22-17-4-3-5-18(25)19(16)17;1-13(11-22-21(2)26)10-14-6-8-15(9-7-14)23-20(25)16-12-27-18-5-3-4-17(24)19(16)18;1-11(19)9-12-5-7-13(8-6-12)21-18(23)14-10-20-15-3-2-4-16(22)17(14)15;1-8(13-11(2)14)7-9-3-5-10(12)6-4-9;10-6-2-1-3-7-8(6)5(4-13-7)9(11)12;1-2(3)4;;/h6-9,12-13,22-23,27H,3-5,10-11H2,1-2H3,(H,24,26);6-9,12-13,22,26H,3-5,10-11H2,1-2H3,(H,23,25);5-8,10-11,20H,2-4,9,19H2,1H3,(H,21,23);3-6,8,13-14H,7,12H2,1-2H3;4H,1-3H2,(H,11,12);1H3,(H,3,4);1H;1H3. The van der Waals surface area contributed by atoms with Gasteiger partial charge in [-0.2, -0.15) is 0 Å². The third kappa shape index (κ3) is 28.5. The number of aliphatic carboxylic acids is 1. The molecule has 0 spiro atoms. The van der Waals surface area contributed by atoms with Crippen molar-refractivity contribution in [3.63, 3.8) is 0 Å². The summed E-state index contributed by atoms with van der Waals surface area (Å²) in [6.45, 7) is 15.9.